The standard InChI is InChI=1S/C13H22N4/c1-8(2)11-6-17(7-12(11)14)13-5-15-9(3)10(4)16-13/h5,8,11-12H,6-7,14H2,1-4H3/t11-,12+/m1/s1. The summed E-state index contributed by atoms with van der Waals surface area (Å²) < 4.78 is 0. The molecule has 2 N–H and O–H groups in total. The van der Waals surface area contributed by atoms with Gasteiger partial charge in [-0.05, 0) is 25.7 Å². The molecule has 2 rings (SSSR count). The van der Waals surface area contributed by atoms with Gasteiger partial charge in [-0.1, -0.05) is 13.8 Å². The van der Waals surface area contributed by atoms with Crippen LogP contribution in [-0.4, -0.2) is 29.1 Å². The van der Waals surface area contributed by atoms with Gasteiger partial charge >= 0.3 is 0 Å². The van der Waals surface area contributed by atoms with Gasteiger partial charge in [0.25, 0.3) is 0 Å². The van der Waals surface area contributed by atoms with Gasteiger partial charge in [-0.3, -0.25) is 4.98 Å². The quantitative estimate of drug-likeness (QED) is 0.843. The first kappa shape index (κ1) is 12.3. The fraction of sp³-hybridized carbons (Fsp3) is 0.692. The van der Waals surface area contributed by atoms with Crippen LogP contribution in [0.1, 0.15) is 25.2 Å². The molecule has 0 radical (unpaired) electrons. The molecule has 1 saturated heterocycles. The van der Waals surface area contributed by atoms with E-state index in [9.17, 15) is 0 Å². The molecular formula is C13H22N4. The third-order valence-electron chi connectivity index (χ3n) is 3.77. The lowest BCUT2D eigenvalue weighted by molar-refractivity contribution is 0.382. The third kappa shape index (κ3) is 2.41. The summed E-state index contributed by atoms with van der Waals surface area (Å²) >= 11 is 0. The number of nitrogens with two attached hydrogens (primary N) is 1. The lowest BCUT2D eigenvalue weighted by Gasteiger charge is -2.19. The molecular weight excluding hydrogens is 212 g/mol. The number of nitrogens with zero attached hydrogens (tertiary/aromatic N) is 3. The number of aromatic nitrogens is 2. The molecule has 1 fully saturated rings. The summed E-state index contributed by atoms with van der Waals surface area (Å²) in [5.74, 6) is 2.14. The zero-order chi connectivity index (χ0) is 12.6. The van der Waals surface area contributed by atoms with Gasteiger partial charge in [-0.15, -0.1) is 0 Å². The van der Waals surface area contributed by atoms with Gasteiger partial charge in [0.1, 0.15) is 5.82 Å². The Labute approximate surface area is 103 Å². The summed E-state index contributed by atoms with van der Waals surface area (Å²) in [5, 5.41) is 0. The lowest BCUT2D eigenvalue weighted by atomic mass is 9.92. The van der Waals surface area contributed by atoms with Crippen molar-refractivity contribution in [2.75, 3.05) is 18.0 Å². The molecule has 1 aromatic rings. The molecule has 0 spiro atoms. The predicted molar refractivity (Wildman–Crippen MR) is 70.0 cm³/mol. The Kier molecular flexibility index (Phi) is 3.33. The SMILES string of the molecule is Cc1ncc(N2C[C@H](C(C)C)[C@@H](N)C2)nc1C. The van der Waals surface area contributed by atoms with Crippen LogP contribution in [0.2, 0.25) is 0 Å². The van der Waals surface area contributed by atoms with Crippen molar-refractivity contribution < 1.29 is 0 Å². The Morgan fingerprint density at radius 3 is 2.53 bits per heavy atom. The summed E-state index contributed by atoms with van der Waals surface area (Å²) in [4.78, 5) is 11.2. The van der Waals surface area contributed by atoms with Crippen LogP contribution in [0.25, 0.3) is 0 Å². The van der Waals surface area contributed by atoms with Crippen molar-refractivity contribution in [3.05, 3.63) is 17.6 Å². The molecule has 1 aliphatic rings. The first-order chi connectivity index (χ1) is 7.99. The number of aryl methyl sites for hydroxylation is 2. The van der Waals surface area contributed by atoms with E-state index in [0.29, 0.717) is 11.8 Å². The molecule has 94 valence electrons. The first-order valence-electron chi connectivity index (χ1n) is 6.29. The molecule has 1 aliphatic heterocycles. The third-order valence-corrected chi connectivity index (χ3v) is 3.77. The Morgan fingerprint density at radius 2 is 2.00 bits per heavy atom. The molecule has 4 nitrogen and oxygen atoms in total. The lowest BCUT2D eigenvalue weighted by Crippen LogP contribution is -2.32. The summed E-state index contributed by atoms with van der Waals surface area (Å²) in [7, 11) is 0. The van der Waals surface area contributed by atoms with Crippen molar-refractivity contribution >= 4 is 5.82 Å². The Balaban J connectivity index is 2.17. The molecule has 0 amide bonds. The Hall–Kier alpha value is -1.16. The average Bonchev–Trinajstić information content (AvgIpc) is 2.64. The predicted octanol–water partition coefficient (Wildman–Crippen LogP) is 1.51. The highest BCUT2D eigenvalue weighted by atomic mass is 15.2. The highest BCUT2D eigenvalue weighted by Crippen LogP contribution is 2.26. The minimum atomic E-state index is 0.249. The minimum Gasteiger partial charge on any atom is -0.353 e. The van der Waals surface area contributed by atoms with Gasteiger partial charge in [-0.25, -0.2) is 4.98 Å². The van der Waals surface area contributed by atoms with Crippen LogP contribution in [-0.2, 0) is 0 Å². The van der Waals surface area contributed by atoms with E-state index in [2.05, 4.69) is 28.7 Å². The number of hydrogen-bond donors (Lipinski definition) is 1. The van der Waals surface area contributed by atoms with Crippen LogP contribution < -0.4 is 10.6 Å². The molecule has 0 unspecified atom stereocenters. The number of anilines is 1. The zero-order valence-electron chi connectivity index (χ0n) is 11.1. The van der Waals surface area contributed by atoms with E-state index >= 15 is 0 Å². The maximum Gasteiger partial charge on any atom is 0.147 e. The van der Waals surface area contributed by atoms with Crippen molar-refractivity contribution in [2.24, 2.45) is 17.6 Å². The van der Waals surface area contributed by atoms with E-state index in [1.165, 1.54) is 0 Å². The van der Waals surface area contributed by atoms with Crippen LogP contribution >= 0.6 is 0 Å². The molecule has 4 heteroatoms. The van der Waals surface area contributed by atoms with Gasteiger partial charge in [-0.2, -0.15) is 0 Å². The van der Waals surface area contributed by atoms with Gasteiger partial charge in [0, 0.05) is 19.1 Å². The average molecular weight is 234 g/mol. The van der Waals surface area contributed by atoms with Crippen molar-refractivity contribution in [2.45, 2.75) is 33.7 Å². The summed E-state index contributed by atoms with van der Waals surface area (Å²) in [6, 6.07) is 0.249. The molecule has 0 aliphatic carbocycles. The van der Waals surface area contributed by atoms with Crippen LogP contribution in [0.15, 0.2) is 6.20 Å². The topological polar surface area (TPSA) is 55.0 Å². The maximum absolute atomic E-state index is 6.19. The second-order valence-corrected chi connectivity index (χ2v) is 5.38. The van der Waals surface area contributed by atoms with E-state index in [4.69, 9.17) is 5.73 Å². The fourth-order valence-corrected chi connectivity index (χ4v) is 2.43. The van der Waals surface area contributed by atoms with E-state index in [-0.39, 0.29) is 6.04 Å². The van der Waals surface area contributed by atoms with Gasteiger partial charge in [0.05, 0.1) is 17.6 Å². The van der Waals surface area contributed by atoms with Crippen molar-refractivity contribution in [3.8, 4) is 0 Å². The Morgan fingerprint density at radius 1 is 1.29 bits per heavy atom. The minimum absolute atomic E-state index is 0.249. The van der Waals surface area contributed by atoms with Crippen molar-refractivity contribution in [1.82, 2.24) is 9.97 Å². The molecule has 0 aromatic carbocycles. The maximum atomic E-state index is 6.19. The van der Waals surface area contributed by atoms with Crippen LogP contribution in [0, 0.1) is 25.7 Å². The van der Waals surface area contributed by atoms with E-state index in [1.807, 2.05) is 20.0 Å². The van der Waals surface area contributed by atoms with E-state index in [1.54, 1.807) is 0 Å². The van der Waals surface area contributed by atoms with Gasteiger partial charge in [0.2, 0.25) is 0 Å². The molecule has 0 saturated carbocycles. The van der Waals surface area contributed by atoms with Gasteiger partial charge in [0.15, 0.2) is 0 Å². The van der Waals surface area contributed by atoms with E-state index < -0.39 is 0 Å². The fourth-order valence-electron chi connectivity index (χ4n) is 2.43. The summed E-state index contributed by atoms with van der Waals surface area (Å²) in [6.45, 7) is 10.3. The molecule has 1 aromatic heterocycles. The van der Waals surface area contributed by atoms with Crippen LogP contribution in [0.3, 0.4) is 0 Å². The van der Waals surface area contributed by atoms with E-state index in [0.717, 1.165) is 30.3 Å². The van der Waals surface area contributed by atoms with Gasteiger partial charge < -0.3 is 10.6 Å². The second kappa shape index (κ2) is 4.61. The smallest absolute Gasteiger partial charge is 0.147 e. The second-order valence-electron chi connectivity index (χ2n) is 5.38. The number of rotatable bonds is 2. The largest absolute Gasteiger partial charge is 0.353 e. The highest BCUT2D eigenvalue weighted by Gasteiger charge is 2.32. The first-order valence-corrected chi connectivity index (χ1v) is 6.29. The normalized spacial score (nSPS) is 24.7. The highest BCUT2D eigenvalue weighted by molar-refractivity contribution is 5.39. The molecule has 0 bridgehead atoms. The molecule has 17 heavy (non-hydrogen) atoms. The Bertz CT molecular complexity index is 402. The monoisotopic (exact) mass is 234 g/mol. The zero-order valence-corrected chi connectivity index (χ0v) is 11.1. The van der Waals surface area contributed by atoms with Crippen LogP contribution in [0.4, 0.5) is 5.82 Å². The summed E-state index contributed by atoms with van der Waals surface area (Å²) in [5.41, 5.74) is 8.19. The van der Waals surface area contributed by atoms with Crippen LogP contribution in [0.5, 0.6) is 0 Å². The van der Waals surface area contributed by atoms with Crippen molar-refractivity contribution in [1.29, 1.82) is 0 Å². The molecule has 2 heterocycles. The summed E-state index contributed by atoms with van der Waals surface area (Å²) in [6.07, 6.45) is 1.86. The number of hydrogen-bond acceptors (Lipinski definition) is 4. The van der Waals surface area contributed by atoms with Crippen molar-refractivity contribution in [3.63, 3.8) is 0 Å². The molecule has 2 atom stereocenters.